The van der Waals surface area contributed by atoms with Crippen molar-refractivity contribution in [1.82, 2.24) is 10.2 Å². The van der Waals surface area contributed by atoms with Gasteiger partial charge in [-0.1, -0.05) is 0 Å². The second kappa shape index (κ2) is 6.41. The van der Waals surface area contributed by atoms with Crippen LogP contribution in [0.3, 0.4) is 0 Å². The maximum Gasteiger partial charge on any atom is 0.326 e. The summed E-state index contributed by atoms with van der Waals surface area (Å²) in [7, 11) is -3.00. The van der Waals surface area contributed by atoms with E-state index in [0.717, 1.165) is 32.6 Å². The lowest BCUT2D eigenvalue weighted by Crippen LogP contribution is -2.60. The fourth-order valence-corrected chi connectivity index (χ4v) is 4.57. The van der Waals surface area contributed by atoms with E-state index in [1.165, 1.54) is 0 Å². The standard InChI is InChI=1S/C13H24N2O4S/c1-2-19-12(16)13(4-10-20(17,18)11-5-13)15-8-3-6-14-7-9-15/h14H,2-11H2,1H3. The van der Waals surface area contributed by atoms with E-state index < -0.39 is 15.4 Å². The van der Waals surface area contributed by atoms with Crippen molar-refractivity contribution < 1.29 is 17.9 Å². The summed E-state index contributed by atoms with van der Waals surface area (Å²) < 4.78 is 28.6. The van der Waals surface area contributed by atoms with Crippen molar-refractivity contribution in [2.24, 2.45) is 0 Å². The van der Waals surface area contributed by atoms with Crippen LogP contribution in [0.4, 0.5) is 0 Å². The molecule has 0 radical (unpaired) electrons. The van der Waals surface area contributed by atoms with Gasteiger partial charge in [0.15, 0.2) is 0 Å². The molecule has 20 heavy (non-hydrogen) atoms. The Morgan fingerprint density at radius 3 is 2.60 bits per heavy atom. The van der Waals surface area contributed by atoms with E-state index in [1.807, 2.05) is 0 Å². The van der Waals surface area contributed by atoms with Gasteiger partial charge in [0.05, 0.1) is 18.1 Å². The predicted molar refractivity (Wildman–Crippen MR) is 76.3 cm³/mol. The minimum atomic E-state index is -3.00. The van der Waals surface area contributed by atoms with Crippen molar-refractivity contribution in [3.8, 4) is 0 Å². The first kappa shape index (κ1) is 15.7. The summed E-state index contributed by atoms with van der Waals surface area (Å²) in [6.45, 7) is 5.46. The number of hydrogen-bond donors (Lipinski definition) is 1. The molecule has 6 nitrogen and oxygen atoms in total. The van der Waals surface area contributed by atoms with E-state index in [4.69, 9.17) is 4.74 Å². The lowest BCUT2D eigenvalue weighted by molar-refractivity contribution is -0.159. The fraction of sp³-hybridized carbons (Fsp3) is 0.923. The Morgan fingerprint density at radius 1 is 1.25 bits per heavy atom. The first-order valence-corrected chi connectivity index (χ1v) is 9.16. The van der Waals surface area contributed by atoms with Crippen LogP contribution in [0.15, 0.2) is 0 Å². The Balaban J connectivity index is 2.21. The molecule has 2 fully saturated rings. The molecule has 116 valence electrons. The molecule has 0 unspecified atom stereocenters. The molecule has 0 aromatic rings. The van der Waals surface area contributed by atoms with Crippen molar-refractivity contribution in [3.05, 3.63) is 0 Å². The zero-order valence-electron chi connectivity index (χ0n) is 12.1. The van der Waals surface area contributed by atoms with Gasteiger partial charge in [0.2, 0.25) is 0 Å². The fourth-order valence-electron chi connectivity index (χ4n) is 3.06. The van der Waals surface area contributed by atoms with E-state index in [-0.39, 0.29) is 17.5 Å². The van der Waals surface area contributed by atoms with E-state index >= 15 is 0 Å². The Hall–Kier alpha value is -0.660. The largest absolute Gasteiger partial charge is 0.465 e. The number of ether oxygens (including phenoxy) is 1. The smallest absolute Gasteiger partial charge is 0.326 e. The first-order valence-electron chi connectivity index (χ1n) is 7.33. The molecule has 2 saturated heterocycles. The topological polar surface area (TPSA) is 75.7 Å². The average Bonchev–Trinajstić information content (AvgIpc) is 2.69. The Bertz CT molecular complexity index is 427. The Labute approximate surface area is 120 Å². The molecule has 2 rings (SSSR count). The molecule has 0 aliphatic carbocycles. The zero-order valence-corrected chi connectivity index (χ0v) is 12.9. The molecule has 0 spiro atoms. The van der Waals surface area contributed by atoms with Crippen LogP contribution in [-0.4, -0.2) is 69.1 Å². The molecule has 7 heteroatoms. The number of carbonyl (C=O) groups is 1. The van der Waals surface area contributed by atoms with Crippen molar-refractivity contribution in [1.29, 1.82) is 0 Å². The highest BCUT2D eigenvalue weighted by atomic mass is 32.2. The summed E-state index contributed by atoms with van der Waals surface area (Å²) >= 11 is 0. The normalized spacial score (nSPS) is 26.6. The lowest BCUT2D eigenvalue weighted by Gasteiger charge is -2.43. The van der Waals surface area contributed by atoms with Crippen LogP contribution in [0.1, 0.15) is 26.2 Å². The first-order chi connectivity index (χ1) is 9.50. The van der Waals surface area contributed by atoms with Gasteiger partial charge in [-0.25, -0.2) is 8.42 Å². The maximum atomic E-state index is 12.5. The monoisotopic (exact) mass is 304 g/mol. The van der Waals surface area contributed by atoms with Crippen LogP contribution in [-0.2, 0) is 19.4 Å². The molecule has 0 atom stereocenters. The molecule has 2 heterocycles. The maximum absolute atomic E-state index is 12.5. The van der Waals surface area contributed by atoms with Gasteiger partial charge in [0, 0.05) is 19.6 Å². The molecule has 0 aromatic carbocycles. The van der Waals surface area contributed by atoms with Gasteiger partial charge in [0.1, 0.15) is 15.4 Å². The van der Waals surface area contributed by atoms with E-state index in [2.05, 4.69) is 10.2 Å². The van der Waals surface area contributed by atoms with Crippen LogP contribution in [0.25, 0.3) is 0 Å². The summed E-state index contributed by atoms with van der Waals surface area (Å²) in [4.78, 5) is 14.6. The van der Waals surface area contributed by atoms with Crippen molar-refractivity contribution in [2.75, 3.05) is 44.3 Å². The van der Waals surface area contributed by atoms with Crippen molar-refractivity contribution in [3.63, 3.8) is 0 Å². The highest BCUT2D eigenvalue weighted by molar-refractivity contribution is 7.91. The van der Waals surface area contributed by atoms with Gasteiger partial charge in [0.25, 0.3) is 0 Å². The minimum absolute atomic E-state index is 0.0791. The second-order valence-corrected chi connectivity index (χ2v) is 7.80. The van der Waals surface area contributed by atoms with Crippen LogP contribution in [0.5, 0.6) is 0 Å². The van der Waals surface area contributed by atoms with Gasteiger partial charge in [-0.05, 0) is 32.7 Å². The molecule has 2 aliphatic heterocycles. The van der Waals surface area contributed by atoms with Crippen LogP contribution in [0, 0.1) is 0 Å². The van der Waals surface area contributed by atoms with Crippen molar-refractivity contribution in [2.45, 2.75) is 31.7 Å². The van der Waals surface area contributed by atoms with Gasteiger partial charge < -0.3 is 10.1 Å². The Morgan fingerprint density at radius 2 is 1.95 bits per heavy atom. The predicted octanol–water partition coefficient (Wildman–Crippen LogP) is -0.208. The van der Waals surface area contributed by atoms with Crippen LogP contribution >= 0.6 is 0 Å². The van der Waals surface area contributed by atoms with Gasteiger partial charge >= 0.3 is 5.97 Å². The van der Waals surface area contributed by atoms with E-state index in [9.17, 15) is 13.2 Å². The molecular formula is C13H24N2O4S. The van der Waals surface area contributed by atoms with Gasteiger partial charge in [-0.3, -0.25) is 9.69 Å². The molecule has 0 saturated carbocycles. The molecule has 0 bridgehead atoms. The highest BCUT2D eigenvalue weighted by Gasteiger charge is 2.48. The third-order valence-corrected chi connectivity index (χ3v) is 5.91. The molecule has 2 aliphatic rings. The number of hydrogen-bond acceptors (Lipinski definition) is 6. The number of rotatable bonds is 3. The van der Waals surface area contributed by atoms with E-state index in [1.54, 1.807) is 6.92 Å². The van der Waals surface area contributed by atoms with Crippen LogP contribution in [0.2, 0.25) is 0 Å². The summed E-state index contributed by atoms with van der Waals surface area (Å²) in [5.74, 6) is -0.0947. The molecule has 0 aromatic heterocycles. The summed E-state index contributed by atoms with van der Waals surface area (Å²) in [5.41, 5.74) is -0.743. The SMILES string of the molecule is CCOC(=O)C1(N2CCCNCC2)CCS(=O)(=O)CC1. The Kier molecular flexibility index (Phi) is 5.04. The number of nitrogens with zero attached hydrogens (tertiary/aromatic N) is 1. The third-order valence-electron chi connectivity index (χ3n) is 4.25. The van der Waals surface area contributed by atoms with Gasteiger partial charge in [-0.15, -0.1) is 0 Å². The number of carbonyl (C=O) groups excluding carboxylic acids is 1. The average molecular weight is 304 g/mol. The molecule has 1 N–H and O–H groups in total. The number of esters is 1. The second-order valence-electron chi connectivity index (χ2n) is 5.49. The minimum Gasteiger partial charge on any atom is -0.465 e. The van der Waals surface area contributed by atoms with E-state index in [0.29, 0.717) is 19.4 Å². The van der Waals surface area contributed by atoms with Gasteiger partial charge in [-0.2, -0.15) is 0 Å². The third kappa shape index (κ3) is 3.32. The van der Waals surface area contributed by atoms with Crippen molar-refractivity contribution >= 4 is 15.8 Å². The summed E-state index contributed by atoms with van der Waals surface area (Å²) in [5, 5.41) is 3.31. The number of nitrogens with one attached hydrogen (secondary N) is 1. The highest BCUT2D eigenvalue weighted by Crippen LogP contribution is 2.32. The summed E-state index contributed by atoms with van der Waals surface area (Å²) in [6.07, 6.45) is 1.68. The van der Waals surface area contributed by atoms with Crippen LogP contribution < -0.4 is 5.32 Å². The lowest BCUT2D eigenvalue weighted by atomic mass is 9.89. The molecular weight excluding hydrogens is 280 g/mol. The number of sulfone groups is 1. The zero-order chi connectivity index (χ0) is 14.6. The summed E-state index contributed by atoms with van der Waals surface area (Å²) in [6, 6.07) is 0. The quantitative estimate of drug-likeness (QED) is 0.727. The molecule has 0 amide bonds.